The number of benzene rings is 1. The Morgan fingerprint density at radius 1 is 1.24 bits per heavy atom. The van der Waals surface area contributed by atoms with Crippen molar-refractivity contribution in [2.45, 2.75) is 31.0 Å². The number of hydrogen-bond acceptors (Lipinski definition) is 10. The van der Waals surface area contributed by atoms with E-state index in [9.17, 15) is 39.2 Å². The van der Waals surface area contributed by atoms with E-state index in [0.717, 1.165) is 0 Å². The van der Waals surface area contributed by atoms with Gasteiger partial charge < -0.3 is 30.9 Å². The van der Waals surface area contributed by atoms with Crippen LogP contribution in [0.25, 0.3) is 0 Å². The lowest BCUT2D eigenvalue weighted by atomic mass is 9.58. The molecule has 0 radical (unpaired) electrons. The van der Waals surface area contributed by atoms with Crippen LogP contribution in [0, 0.1) is 11.8 Å². The van der Waals surface area contributed by atoms with Crippen molar-refractivity contribution in [3.63, 3.8) is 0 Å². The summed E-state index contributed by atoms with van der Waals surface area (Å²) < 4.78 is 18.5. The maximum absolute atomic E-state index is 13.7. The van der Waals surface area contributed by atoms with Gasteiger partial charge in [0.25, 0.3) is 5.91 Å². The number of ketones is 2. The van der Waals surface area contributed by atoms with Crippen molar-refractivity contribution in [3.05, 3.63) is 45.4 Å². The number of phenols is 1. The van der Waals surface area contributed by atoms with E-state index in [2.05, 4.69) is 0 Å². The summed E-state index contributed by atoms with van der Waals surface area (Å²) >= 11 is 0. The van der Waals surface area contributed by atoms with Crippen molar-refractivity contribution in [1.82, 2.24) is 9.80 Å². The number of ether oxygens (including phenoxy) is 1. The van der Waals surface area contributed by atoms with Gasteiger partial charge in [-0.2, -0.15) is 0 Å². The van der Waals surface area contributed by atoms with Crippen LogP contribution in [0.4, 0.5) is 4.39 Å². The van der Waals surface area contributed by atoms with Gasteiger partial charge >= 0.3 is 0 Å². The van der Waals surface area contributed by atoms with Crippen LogP contribution in [0.3, 0.4) is 0 Å². The van der Waals surface area contributed by atoms with Crippen molar-refractivity contribution in [2.24, 2.45) is 17.6 Å². The van der Waals surface area contributed by atoms with E-state index in [0.29, 0.717) is 16.9 Å². The zero-order valence-corrected chi connectivity index (χ0v) is 21.6. The first-order valence-corrected chi connectivity index (χ1v) is 12.1. The van der Waals surface area contributed by atoms with Gasteiger partial charge in [-0.1, -0.05) is 0 Å². The highest BCUT2D eigenvalue weighted by Crippen LogP contribution is 2.53. The van der Waals surface area contributed by atoms with Gasteiger partial charge in [0.05, 0.1) is 18.7 Å². The number of alkyl halides is 1. The number of aliphatic hydroxyl groups excluding tert-OH is 2. The van der Waals surface area contributed by atoms with Gasteiger partial charge in [-0.25, -0.2) is 4.39 Å². The number of phenolic OH excluding ortho intramolecular Hbond substituents is 1. The number of carbonyl (C=O) groups is 3. The number of methoxy groups -OCH3 is 1. The first kappa shape index (κ1) is 27.6. The van der Waals surface area contributed by atoms with Gasteiger partial charge in [-0.05, 0) is 46.0 Å². The molecule has 3 aliphatic rings. The molecule has 0 fully saturated rings. The molecule has 38 heavy (non-hydrogen) atoms. The van der Waals surface area contributed by atoms with E-state index in [1.807, 2.05) is 0 Å². The number of halogens is 1. The Morgan fingerprint density at radius 2 is 1.89 bits per heavy atom. The molecule has 3 aliphatic carbocycles. The Balaban J connectivity index is 1.91. The van der Waals surface area contributed by atoms with E-state index >= 15 is 0 Å². The van der Waals surface area contributed by atoms with E-state index in [4.69, 9.17) is 10.5 Å². The number of fused-ring (bicyclic) bond motifs is 3. The lowest BCUT2D eigenvalue weighted by Gasteiger charge is -2.50. The molecule has 0 aliphatic heterocycles. The lowest BCUT2D eigenvalue weighted by Crippen LogP contribution is -2.63. The molecule has 0 aromatic heterocycles. The summed E-state index contributed by atoms with van der Waals surface area (Å²) in [5.41, 5.74) is 2.31. The fraction of sp³-hybridized carbons (Fsp3) is 0.500. The maximum atomic E-state index is 13.7. The third kappa shape index (κ3) is 3.86. The second kappa shape index (κ2) is 9.68. The number of Topliss-reactive ketones (excluding diaryl/α,β-unsaturated/α-hetero) is 2. The SMILES string of the molecule is COc1c(CN(C)CCF)cc(O)c2c1C[C@H]1C[C@H]3[C@H](N(C)C)C(O)=C(C(N)=O)C(=O)[C@@]3(O)C(O)=C1C2=O. The molecule has 0 unspecified atom stereocenters. The molecule has 0 heterocycles. The van der Waals surface area contributed by atoms with E-state index < -0.39 is 64.7 Å². The predicted molar refractivity (Wildman–Crippen MR) is 133 cm³/mol. The highest BCUT2D eigenvalue weighted by Gasteiger charge is 2.63. The number of primary amides is 1. The van der Waals surface area contributed by atoms with Crippen molar-refractivity contribution >= 4 is 17.5 Å². The molecule has 4 atom stereocenters. The van der Waals surface area contributed by atoms with Crippen LogP contribution in [0.2, 0.25) is 0 Å². The summed E-state index contributed by atoms with van der Waals surface area (Å²) in [5.74, 6) is -6.82. The third-order valence-corrected chi connectivity index (χ3v) is 7.86. The van der Waals surface area contributed by atoms with E-state index in [-0.39, 0.29) is 42.8 Å². The molecule has 4 rings (SSSR count). The number of carbonyl (C=O) groups excluding carboxylic acids is 3. The Morgan fingerprint density at radius 3 is 2.45 bits per heavy atom. The number of nitrogens with zero attached hydrogens (tertiary/aromatic N) is 2. The molecule has 0 saturated heterocycles. The summed E-state index contributed by atoms with van der Waals surface area (Å²) in [7, 11) is 6.24. The lowest BCUT2D eigenvalue weighted by molar-refractivity contribution is -0.148. The van der Waals surface area contributed by atoms with E-state index in [1.165, 1.54) is 18.1 Å². The summed E-state index contributed by atoms with van der Waals surface area (Å²) in [6.07, 6.45) is 0.0770. The van der Waals surface area contributed by atoms with Gasteiger partial charge in [0.2, 0.25) is 5.78 Å². The monoisotopic (exact) mass is 533 g/mol. The summed E-state index contributed by atoms with van der Waals surface area (Å²) in [5, 5.41) is 44.6. The van der Waals surface area contributed by atoms with Gasteiger partial charge in [0.1, 0.15) is 35.3 Å². The summed E-state index contributed by atoms with van der Waals surface area (Å²) in [4.78, 5) is 42.3. The van der Waals surface area contributed by atoms with E-state index in [1.54, 1.807) is 26.0 Å². The largest absolute Gasteiger partial charge is 0.510 e. The average molecular weight is 534 g/mol. The van der Waals surface area contributed by atoms with Crippen LogP contribution >= 0.6 is 0 Å². The second-order valence-electron chi connectivity index (χ2n) is 10.3. The molecule has 1 aromatic rings. The molecule has 1 aromatic carbocycles. The third-order valence-electron chi connectivity index (χ3n) is 7.86. The number of rotatable bonds is 7. The number of likely N-dealkylation sites (N-methyl/N-ethyl adjacent to an activating group) is 1. The minimum absolute atomic E-state index is 0.0261. The van der Waals surface area contributed by atoms with Crippen molar-refractivity contribution in [3.8, 4) is 11.5 Å². The van der Waals surface area contributed by atoms with Crippen LogP contribution in [0.5, 0.6) is 11.5 Å². The first-order chi connectivity index (χ1) is 17.8. The minimum atomic E-state index is -2.70. The molecule has 1 amide bonds. The first-order valence-electron chi connectivity index (χ1n) is 12.1. The standard InChI is InChI=1S/C26H32FN3O8/c1-29(2)19-14-8-11-7-13-17(15(31)9-12(22(13)38-4)10-30(3)6-5-27)20(32)16(11)23(34)26(14,37)24(35)18(21(19)33)25(28)36/h9,11,14,19,31,33-34,37H,5-8,10H2,1-4H3,(H2,28,36)/t11-,14-,19-,26-/m0/s1. The fourth-order valence-electron chi connectivity index (χ4n) is 6.25. The Hall–Kier alpha value is -3.48. The van der Waals surface area contributed by atoms with Crippen LogP contribution in [-0.4, -0.2) is 101 Å². The van der Waals surface area contributed by atoms with Gasteiger partial charge in [-0.3, -0.25) is 24.2 Å². The number of hydrogen-bond donors (Lipinski definition) is 5. The molecule has 0 saturated carbocycles. The second-order valence-corrected chi connectivity index (χ2v) is 10.3. The molecule has 6 N–H and O–H groups in total. The quantitative estimate of drug-likeness (QED) is 0.311. The number of aromatic hydroxyl groups is 1. The minimum Gasteiger partial charge on any atom is -0.510 e. The Kier molecular flexibility index (Phi) is 7.02. The summed E-state index contributed by atoms with van der Waals surface area (Å²) in [6.45, 7) is -0.193. The molecule has 0 bridgehead atoms. The fourth-order valence-corrected chi connectivity index (χ4v) is 6.25. The maximum Gasteiger partial charge on any atom is 0.255 e. The average Bonchev–Trinajstić information content (AvgIpc) is 2.81. The number of aliphatic hydroxyl groups is 3. The van der Waals surface area contributed by atoms with Crippen LogP contribution in [0.1, 0.15) is 27.9 Å². The zero-order valence-electron chi connectivity index (χ0n) is 21.6. The molecule has 0 spiro atoms. The number of nitrogens with two attached hydrogens (primary N) is 1. The molecular formula is C26H32FN3O8. The topological polar surface area (TPSA) is 174 Å². The molecule has 12 heteroatoms. The van der Waals surface area contributed by atoms with Gasteiger partial charge in [0, 0.05) is 35.7 Å². The highest BCUT2D eigenvalue weighted by molar-refractivity contribution is 6.24. The van der Waals surface area contributed by atoms with Crippen LogP contribution in [-0.2, 0) is 22.6 Å². The smallest absolute Gasteiger partial charge is 0.255 e. The van der Waals surface area contributed by atoms with Crippen molar-refractivity contribution in [2.75, 3.05) is 41.5 Å². The number of amides is 1. The van der Waals surface area contributed by atoms with Gasteiger partial charge in [-0.15, -0.1) is 0 Å². The van der Waals surface area contributed by atoms with Crippen molar-refractivity contribution < 1.29 is 43.9 Å². The zero-order chi connectivity index (χ0) is 28.3. The predicted octanol–water partition coefficient (Wildman–Crippen LogP) is 0.531. The Bertz CT molecular complexity index is 1290. The molecule has 206 valence electrons. The Labute approximate surface area is 218 Å². The molecular weight excluding hydrogens is 501 g/mol. The normalized spacial score (nSPS) is 27.0. The number of allylic oxidation sites excluding steroid dienone is 1. The van der Waals surface area contributed by atoms with Crippen LogP contribution in [0.15, 0.2) is 28.7 Å². The highest BCUT2D eigenvalue weighted by atomic mass is 19.1. The van der Waals surface area contributed by atoms with Crippen LogP contribution < -0.4 is 10.5 Å². The summed E-state index contributed by atoms with van der Waals surface area (Å²) in [6, 6.07) is 0.263. The van der Waals surface area contributed by atoms with Gasteiger partial charge in [0.15, 0.2) is 11.4 Å². The molecule has 11 nitrogen and oxygen atoms in total. The van der Waals surface area contributed by atoms with Crippen molar-refractivity contribution in [1.29, 1.82) is 0 Å².